The molecule has 2 aromatic carbocycles. The number of hydrazone groups is 1. The Morgan fingerprint density at radius 3 is 2.70 bits per heavy atom. The van der Waals surface area contributed by atoms with Crippen molar-refractivity contribution in [2.24, 2.45) is 5.10 Å². The fourth-order valence-electron chi connectivity index (χ4n) is 2.00. The first-order valence-electron chi connectivity index (χ1n) is 6.66. The molecular weight excluding hydrogens is 384 g/mol. The lowest BCUT2D eigenvalue weighted by atomic mass is 10.2. The van der Waals surface area contributed by atoms with E-state index in [0.717, 1.165) is 10.0 Å². The Hall–Kier alpha value is -2.06. The van der Waals surface area contributed by atoms with Gasteiger partial charge in [0.25, 0.3) is 10.0 Å². The molecule has 0 radical (unpaired) electrons. The SMILES string of the molecule is Cc1ccc(S(=O)(=O)N/N=C\c2cc(Br)c3c(c2)OCO3)cc1. The van der Waals surface area contributed by atoms with Gasteiger partial charge < -0.3 is 9.47 Å². The van der Waals surface area contributed by atoms with Crippen LogP contribution in [0, 0.1) is 6.92 Å². The van der Waals surface area contributed by atoms with Crippen LogP contribution in [0.3, 0.4) is 0 Å². The number of rotatable bonds is 4. The molecule has 0 saturated carbocycles. The van der Waals surface area contributed by atoms with Gasteiger partial charge in [0.05, 0.1) is 15.6 Å². The summed E-state index contributed by atoms with van der Waals surface area (Å²) in [5, 5.41) is 3.80. The van der Waals surface area contributed by atoms with Gasteiger partial charge in [-0.1, -0.05) is 17.7 Å². The standard InChI is InChI=1S/C15H13BrN2O4S/c1-10-2-4-12(5-3-10)23(19,20)18-17-8-11-6-13(16)15-14(7-11)21-9-22-15/h2-8,18H,9H2,1H3/b17-8-. The van der Waals surface area contributed by atoms with Crippen molar-refractivity contribution in [3.63, 3.8) is 0 Å². The van der Waals surface area contributed by atoms with Crippen molar-refractivity contribution in [1.82, 2.24) is 4.83 Å². The van der Waals surface area contributed by atoms with Gasteiger partial charge in [-0.15, -0.1) is 0 Å². The molecule has 0 saturated heterocycles. The van der Waals surface area contributed by atoms with Gasteiger partial charge in [0, 0.05) is 0 Å². The van der Waals surface area contributed by atoms with E-state index in [9.17, 15) is 8.42 Å². The molecule has 8 heteroatoms. The van der Waals surface area contributed by atoms with Gasteiger partial charge >= 0.3 is 0 Å². The molecule has 0 unspecified atom stereocenters. The number of fused-ring (bicyclic) bond motifs is 1. The zero-order chi connectivity index (χ0) is 16.4. The first-order chi connectivity index (χ1) is 11.0. The second-order valence-corrected chi connectivity index (χ2v) is 7.42. The fourth-order valence-corrected chi connectivity index (χ4v) is 3.37. The monoisotopic (exact) mass is 396 g/mol. The van der Waals surface area contributed by atoms with Gasteiger partial charge in [0.1, 0.15) is 0 Å². The van der Waals surface area contributed by atoms with Gasteiger partial charge in [0.15, 0.2) is 11.5 Å². The molecular formula is C15H13BrN2O4S. The number of aryl methyl sites for hydroxylation is 1. The van der Waals surface area contributed by atoms with Crippen LogP contribution in [-0.2, 0) is 10.0 Å². The van der Waals surface area contributed by atoms with Crippen LogP contribution in [0.15, 0.2) is 50.9 Å². The van der Waals surface area contributed by atoms with Crippen LogP contribution < -0.4 is 14.3 Å². The Kier molecular flexibility index (Phi) is 4.27. The molecule has 120 valence electrons. The molecule has 3 rings (SSSR count). The van der Waals surface area contributed by atoms with Crippen LogP contribution in [0.5, 0.6) is 11.5 Å². The molecule has 0 atom stereocenters. The highest BCUT2D eigenvalue weighted by molar-refractivity contribution is 9.10. The van der Waals surface area contributed by atoms with E-state index in [1.807, 2.05) is 6.92 Å². The van der Waals surface area contributed by atoms with E-state index in [2.05, 4.69) is 25.9 Å². The maximum Gasteiger partial charge on any atom is 0.276 e. The third kappa shape index (κ3) is 3.48. The predicted molar refractivity (Wildman–Crippen MR) is 89.4 cm³/mol. The number of nitrogens with one attached hydrogen (secondary N) is 1. The molecule has 6 nitrogen and oxygen atoms in total. The number of benzene rings is 2. The van der Waals surface area contributed by atoms with Crippen molar-refractivity contribution in [2.75, 3.05) is 6.79 Å². The summed E-state index contributed by atoms with van der Waals surface area (Å²) in [5.74, 6) is 1.21. The van der Waals surface area contributed by atoms with Crippen molar-refractivity contribution in [3.05, 3.63) is 52.0 Å². The first kappa shape index (κ1) is 15.8. The Morgan fingerprint density at radius 2 is 1.96 bits per heavy atom. The molecule has 0 fully saturated rings. The highest BCUT2D eigenvalue weighted by Crippen LogP contribution is 2.39. The second kappa shape index (κ2) is 6.21. The third-order valence-electron chi connectivity index (χ3n) is 3.17. The molecule has 1 N–H and O–H groups in total. The summed E-state index contributed by atoms with van der Waals surface area (Å²) in [6.45, 7) is 2.05. The Bertz CT molecular complexity index is 864. The van der Waals surface area contributed by atoms with Gasteiger partial charge in [0.2, 0.25) is 6.79 Å². The smallest absolute Gasteiger partial charge is 0.276 e. The predicted octanol–water partition coefficient (Wildman–Crippen LogP) is 2.80. The van der Waals surface area contributed by atoms with Gasteiger partial charge in [-0.05, 0) is 52.7 Å². The molecule has 2 aromatic rings. The lowest BCUT2D eigenvalue weighted by molar-refractivity contribution is 0.173. The van der Waals surface area contributed by atoms with Crippen LogP contribution in [0.1, 0.15) is 11.1 Å². The maximum atomic E-state index is 12.1. The van der Waals surface area contributed by atoms with Gasteiger partial charge in [-0.2, -0.15) is 13.5 Å². The summed E-state index contributed by atoms with van der Waals surface area (Å²) in [4.78, 5) is 2.34. The van der Waals surface area contributed by atoms with Crippen molar-refractivity contribution in [1.29, 1.82) is 0 Å². The van der Waals surface area contributed by atoms with Crippen molar-refractivity contribution >= 4 is 32.2 Å². The topological polar surface area (TPSA) is 77.0 Å². The zero-order valence-corrected chi connectivity index (χ0v) is 14.5. The summed E-state index contributed by atoms with van der Waals surface area (Å²) >= 11 is 3.37. The number of halogens is 1. The molecule has 23 heavy (non-hydrogen) atoms. The van der Waals surface area contributed by atoms with E-state index < -0.39 is 10.0 Å². The quantitative estimate of drug-likeness (QED) is 0.636. The van der Waals surface area contributed by atoms with Crippen LogP contribution in [0.4, 0.5) is 0 Å². The highest BCUT2D eigenvalue weighted by Gasteiger charge is 2.17. The summed E-state index contributed by atoms with van der Waals surface area (Å²) in [5.41, 5.74) is 1.66. The van der Waals surface area contributed by atoms with E-state index in [1.54, 1.807) is 24.3 Å². The van der Waals surface area contributed by atoms with Gasteiger partial charge in [-0.25, -0.2) is 4.83 Å². The normalized spacial score (nSPS) is 13.5. The molecule has 0 aromatic heterocycles. The van der Waals surface area contributed by atoms with E-state index in [0.29, 0.717) is 17.1 Å². The van der Waals surface area contributed by atoms with Crippen molar-refractivity contribution < 1.29 is 17.9 Å². The summed E-state index contributed by atoms with van der Waals surface area (Å²) in [6.07, 6.45) is 1.40. The maximum absolute atomic E-state index is 12.1. The van der Waals surface area contributed by atoms with E-state index in [4.69, 9.17) is 9.47 Å². The van der Waals surface area contributed by atoms with Crippen LogP contribution >= 0.6 is 15.9 Å². The van der Waals surface area contributed by atoms with E-state index >= 15 is 0 Å². The molecule has 0 spiro atoms. The summed E-state index contributed by atoms with van der Waals surface area (Å²) in [7, 11) is -3.68. The minimum atomic E-state index is -3.68. The lowest BCUT2D eigenvalue weighted by Gasteiger charge is -2.04. The van der Waals surface area contributed by atoms with Crippen molar-refractivity contribution in [2.45, 2.75) is 11.8 Å². The molecule has 0 aliphatic carbocycles. The lowest BCUT2D eigenvalue weighted by Crippen LogP contribution is -2.18. The molecule has 0 amide bonds. The number of sulfonamides is 1. The van der Waals surface area contributed by atoms with E-state index in [-0.39, 0.29) is 11.7 Å². The van der Waals surface area contributed by atoms with Crippen LogP contribution in [0.2, 0.25) is 0 Å². The molecule has 0 bridgehead atoms. The Balaban J connectivity index is 1.76. The molecule has 1 aliphatic rings. The van der Waals surface area contributed by atoms with Crippen molar-refractivity contribution in [3.8, 4) is 11.5 Å². The van der Waals surface area contributed by atoms with Crippen LogP contribution in [0.25, 0.3) is 0 Å². The number of hydrogen-bond acceptors (Lipinski definition) is 5. The minimum absolute atomic E-state index is 0.159. The minimum Gasteiger partial charge on any atom is -0.454 e. The Labute approximate surface area is 142 Å². The Morgan fingerprint density at radius 1 is 1.22 bits per heavy atom. The average molecular weight is 397 g/mol. The number of ether oxygens (including phenoxy) is 2. The summed E-state index contributed by atoms with van der Waals surface area (Å²) in [6, 6.07) is 10.0. The zero-order valence-electron chi connectivity index (χ0n) is 12.1. The second-order valence-electron chi connectivity index (χ2n) is 4.90. The summed E-state index contributed by atoms with van der Waals surface area (Å²) < 4.78 is 35.5. The third-order valence-corrected chi connectivity index (χ3v) is 4.99. The molecule has 1 heterocycles. The first-order valence-corrected chi connectivity index (χ1v) is 8.94. The molecule has 1 aliphatic heterocycles. The average Bonchev–Trinajstić information content (AvgIpc) is 2.96. The van der Waals surface area contributed by atoms with Crippen LogP contribution in [-0.4, -0.2) is 21.4 Å². The number of hydrogen-bond donors (Lipinski definition) is 1. The van der Waals surface area contributed by atoms with Gasteiger partial charge in [-0.3, -0.25) is 0 Å². The fraction of sp³-hybridized carbons (Fsp3) is 0.133. The largest absolute Gasteiger partial charge is 0.454 e. The number of nitrogens with zero attached hydrogens (tertiary/aromatic N) is 1. The van der Waals surface area contributed by atoms with E-state index in [1.165, 1.54) is 18.3 Å². The highest BCUT2D eigenvalue weighted by atomic mass is 79.9.